The summed E-state index contributed by atoms with van der Waals surface area (Å²) in [5.41, 5.74) is -1.19. The van der Waals surface area contributed by atoms with Gasteiger partial charge in [-0.2, -0.15) is 4.68 Å². The molecule has 0 unspecified atom stereocenters. The zero-order valence-corrected chi connectivity index (χ0v) is 21.0. The van der Waals surface area contributed by atoms with Crippen LogP contribution in [0.3, 0.4) is 0 Å². The Kier molecular flexibility index (Phi) is 8.36. The number of anilines is 1. The molecule has 1 aromatic heterocycles. The number of tetrazole rings is 1. The lowest BCUT2D eigenvalue weighted by molar-refractivity contribution is 0.0693. The van der Waals surface area contributed by atoms with Crippen LogP contribution >= 0.6 is 0 Å². The zero-order chi connectivity index (χ0) is 27.2. The molecule has 1 aliphatic rings. The van der Waals surface area contributed by atoms with Crippen LogP contribution in [-0.2, 0) is 4.74 Å². The predicted octanol–water partition coefficient (Wildman–Crippen LogP) is 3.11. The van der Waals surface area contributed by atoms with Gasteiger partial charge in [0.1, 0.15) is 29.4 Å². The number of halogens is 1. The highest BCUT2D eigenvalue weighted by Crippen LogP contribution is 2.31. The number of aromatic carboxylic acids is 1. The van der Waals surface area contributed by atoms with Gasteiger partial charge in [-0.25, -0.2) is 18.8 Å². The van der Waals surface area contributed by atoms with Crippen molar-refractivity contribution in [2.24, 2.45) is 0 Å². The first-order valence-electron chi connectivity index (χ1n) is 12.1. The Morgan fingerprint density at radius 2 is 1.84 bits per heavy atom. The molecule has 1 aliphatic carbocycles. The fourth-order valence-electron chi connectivity index (χ4n) is 4.49. The van der Waals surface area contributed by atoms with E-state index in [9.17, 15) is 23.9 Å². The second kappa shape index (κ2) is 11.9. The first kappa shape index (κ1) is 26.8. The maximum atomic E-state index is 14.8. The summed E-state index contributed by atoms with van der Waals surface area (Å²) < 4.78 is 31.7. The predicted molar refractivity (Wildman–Crippen MR) is 133 cm³/mol. The number of para-hydroxylation sites is 1. The number of ether oxygens (including phenoxy) is 3. The van der Waals surface area contributed by atoms with Crippen molar-refractivity contribution in [3.63, 3.8) is 0 Å². The summed E-state index contributed by atoms with van der Waals surface area (Å²) in [4.78, 5) is 40.3. The molecule has 2 aromatic carbocycles. The minimum Gasteiger partial charge on any atom is -0.496 e. The molecule has 1 fully saturated rings. The van der Waals surface area contributed by atoms with Gasteiger partial charge in [0, 0.05) is 18.8 Å². The molecule has 202 valence electrons. The minimum absolute atomic E-state index is 0.0223. The van der Waals surface area contributed by atoms with E-state index in [1.165, 1.54) is 43.4 Å². The number of aromatic nitrogens is 4. The zero-order valence-electron chi connectivity index (χ0n) is 21.0. The summed E-state index contributed by atoms with van der Waals surface area (Å²) in [5.74, 6) is -1.88. The van der Waals surface area contributed by atoms with Crippen LogP contribution in [0.4, 0.5) is 14.9 Å². The third-order valence-corrected chi connectivity index (χ3v) is 6.31. The van der Waals surface area contributed by atoms with Crippen molar-refractivity contribution in [3.8, 4) is 17.2 Å². The van der Waals surface area contributed by atoms with Crippen LogP contribution in [0.15, 0.2) is 41.2 Å². The summed E-state index contributed by atoms with van der Waals surface area (Å²) >= 11 is 0. The molecule has 0 bridgehead atoms. The van der Waals surface area contributed by atoms with E-state index in [1.807, 2.05) is 0 Å². The van der Waals surface area contributed by atoms with Gasteiger partial charge < -0.3 is 19.3 Å². The van der Waals surface area contributed by atoms with Crippen molar-refractivity contribution in [2.75, 3.05) is 32.3 Å². The summed E-state index contributed by atoms with van der Waals surface area (Å²) in [6.45, 7) is 0.320. The van der Waals surface area contributed by atoms with Crippen LogP contribution in [0.1, 0.15) is 42.5 Å². The fraction of sp³-hybridized carbons (Fsp3) is 0.400. The van der Waals surface area contributed by atoms with Gasteiger partial charge in [-0.15, -0.1) is 4.68 Å². The number of carbonyl (C=O) groups is 2. The highest BCUT2D eigenvalue weighted by molar-refractivity contribution is 5.97. The number of carboxylic acids is 1. The molecule has 3 aromatic rings. The lowest BCUT2D eigenvalue weighted by Crippen LogP contribution is -2.47. The minimum atomic E-state index is -1.23. The Bertz CT molecular complexity index is 1370. The molecule has 13 heteroatoms. The molecule has 1 heterocycles. The van der Waals surface area contributed by atoms with E-state index >= 15 is 0 Å². The molecule has 38 heavy (non-hydrogen) atoms. The van der Waals surface area contributed by atoms with Gasteiger partial charge in [0.15, 0.2) is 5.82 Å². The summed E-state index contributed by atoms with van der Waals surface area (Å²) in [6.07, 6.45) is 4.00. The molecule has 12 nitrogen and oxygen atoms in total. The summed E-state index contributed by atoms with van der Waals surface area (Å²) in [6, 6.07) is 7.16. The molecule has 0 spiro atoms. The van der Waals surface area contributed by atoms with Crippen LogP contribution in [0.2, 0.25) is 0 Å². The second-order valence-corrected chi connectivity index (χ2v) is 8.65. The van der Waals surface area contributed by atoms with Gasteiger partial charge in [0.25, 0.3) is 0 Å². The molecule has 1 saturated carbocycles. The monoisotopic (exact) mass is 529 g/mol. The standard InChI is InChI=1S/C25H28FN5O7/c1-36-13-14-38-21-10-6-9-19(26)22(21)30-25(35)31(28-27-30)24(34)29(16-7-4-3-5-8-16)17-11-12-20(37-2)18(15-17)23(32)33/h6,9-12,15-16H,3-5,7-8,13-14H2,1-2H3,(H,32,33). The number of amides is 1. The summed E-state index contributed by atoms with van der Waals surface area (Å²) in [5, 5.41) is 17.1. The Morgan fingerprint density at radius 1 is 1.08 bits per heavy atom. The SMILES string of the molecule is COCCOc1cccc(F)c1-n1nnn(C(=O)N(c2ccc(OC)c(C(=O)O)c2)C2CCCCC2)c1=O. The first-order valence-corrected chi connectivity index (χ1v) is 12.1. The molecular formula is C25H28FN5O7. The first-order chi connectivity index (χ1) is 18.4. The smallest absolute Gasteiger partial charge is 0.377 e. The maximum Gasteiger partial charge on any atom is 0.377 e. The topological polar surface area (TPSA) is 138 Å². The van der Waals surface area contributed by atoms with E-state index in [1.54, 1.807) is 6.07 Å². The molecule has 4 rings (SSSR count). The number of nitrogens with zero attached hydrogens (tertiary/aromatic N) is 5. The van der Waals surface area contributed by atoms with E-state index in [0.29, 0.717) is 22.2 Å². The van der Waals surface area contributed by atoms with E-state index in [4.69, 9.17) is 14.2 Å². The Hall–Kier alpha value is -4.26. The summed E-state index contributed by atoms with van der Waals surface area (Å²) in [7, 11) is 2.83. The van der Waals surface area contributed by atoms with Crippen LogP contribution in [0.5, 0.6) is 11.5 Å². The normalized spacial score (nSPS) is 13.8. The lowest BCUT2D eigenvalue weighted by atomic mass is 9.94. The van der Waals surface area contributed by atoms with Crippen molar-refractivity contribution >= 4 is 17.7 Å². The molecular weight excluding hydrogens is 501 g/mol. The largest absolute Gasteiger partial charge is 0.496 e. The second-order valence-electron chi connectivity index (χ2n) is 8.65. The number of carbonyl (C=O) groups excluding carboxylic acids is 1. The van der Waals surface area contributed by atoms with Gasteiger partial charge >= 0.3 is 17.7 Å². The van der Waals surface area contributed by atoms with Crippen LogP contribution < -0.4 is 20.1 Å². The maximum absolute atomic E-state index is 14.8. The molecule has 1 amide bonds. The lowest BCUT2D eigenvalue weighted by Gasteiger charge is -2.33. The quantitative estimate of drug-likeness (QED) is 0.327. The Balaban J connectivity index is 1.77. The number of hydrogen-bond acceptors (Lipinski definition) is 8. The molecule has 0 aliphatic heterocycles. The molecule has 1 N–H and O–H groups in total. The number of carboxylic acid groups (broad SMARTS) is 1. The van der Waals surface area contributed by atoms with Crippen molar-refractivity contribution < 1.29 is 33.3 Å². The number of methoxy groups -OCH3 is 2. The Labute approximate surface area is 217 Å². The Morgan fingerprint density at radius 3 is 2.53 bits per heavy atom. The molecule has 0 saturated heterocycles. The molecule has 0 radical (unpaired) electrons. The fourth-order valence-corrected chi connectivity index (χ4v) is 4.49. The van der Waals surface area contributed by atoms with Crippen molar-refractivity contribution in [1.29, 1.82) is 0 Å². The van der Waals surface area contributed by atoms with E-state index in [-0.39, 0.29) is 47.7 Å². The van der Waals surface area contributed by atoms with Gasteiger partial charge in [0.2, 0.25) is 0 Å². The van der Waals surface area contributed by atoms with E-state index < -0.39 is 23.5 Å². The van der Waals surface area contributed by atoms with Crippen LogP contribution in [0, 0.1) is 5.82 Å². The van der Waals surface area contributed by atoms with E-state index in [0.717, 1.165) is 25.3 Å². The van der Waals surface area contributed by atoms with Crippen LogP contribution in [-0.4, -0.2) is 70.4 Å². The van der Waals surface area contributed by atoms with Gasteiger partial charge in [0.05, 0.1) is 13.7 Å². The number of rotatable bonds is 9. The third kappa shape index (κ3) is 5.37. The highest BCUT2D eigenvalue weighted by Gasteiger charge is 2.32. The van der Waals surface area contributed by atoms with Gasteiger partial charge in [-0.05, 0) is 53.6 Å². The van der Waals surface area contributed by atoms with Gasteiger partial charge in [-0.1, -0.05) is 25.3 Å². The highest BCUT2D eigenvalue weighted by atomic mass is 19.1. The third-order valence-electron chi connectivity index (χ3n) is 6.31. The number of hydrogen-bond donors (Lipinski definition) is 1. The van der Waals surface area contributed by atoms with Crippen LogP contribution in [0.25, 0.3) is 5.69 Å². The number of benzene rings is 2. The van der Waals surface area contributed by atoms with Crippen molar-refractivity contribution in [2.45, 2.75) is 38.1 Å². The van der Waals surface area contributed by atoms with Crippen molar-refractivity contribution in [3.05, 3.63) is 58.3 Å². The van der Waals surface area contributed by atoms with Gasteiger partial charge in [-0.3, -0.25) is 4.90 Å². The van der Waals surface area contributed by atoms with E-state index in [2.05, 4.69) is 10.4 Å². The molecule has 0 atom stereocenters. The average Bonchev–Trinajstić information content (AvgIpc) is 3.30. The van der Waals surface area contributed by atoms with Crippen molar-refractivity contribution in [1.82, 2.24) is 19.8 Å². The average molecular weight is 530 g/mol.